The molecule has 0 aliphatic carbocycles. The molecule has 2 aromatic heterocycles. The van der Waals surface area contributed by atoms with Crippen molar-refractivity contribution in [2.75, 3.05) is 26.4 Å². The zero-order chi connectivity index (χ0) is 36.8. The van der Waals surface area contributed by atoms with Crippen molar-refractivity contribution in [1.29, 1.82) is 0 Å². The van der Waals surface area contributed by atoms with Gasteiger partial charge in [0.1, 0.15) is 17.1 Å². The first-order chi connectivity index (χ1) is 25.0. The van der Waals surface area contributed by atoms with Crippen LogP contribution in [0.15, 0.2) is 63.8 Å². The summed E-state index contributed by atoms with van der Waals surface area (Å²) in [6.45, 7) is 11.2. The summed E-state index contributed by atoms with van der Waals surface area (Å²) in [5.74, 6) is -0.660. The van der Waals surface area contributed by atoms with E-state index in [1.54, 1.807) is 24.8 Å². The van der Waals surface area contributed by atoms with Crippen molar-refractivity contribution in [2.45, 2.75) is 97.3 Å². The van der Waals surface area contributed by atoms with Gasteiger partial charge < -0.3 is 28.7 Å². The van der Waals surface area contributed by atoms with Crippen LogP contribution < -0.4 is 5.32 Å². The third kappa shape index (κ3) is 8.75. The van der Waals surface area contributed by atoms with Crippen LogP contribution in [0.25, 0.3) is 5.57 Å². The molecule has 5 heterocycles. The van der Waals surface area contributed by atoms with Gasteiger partial charge in [-0.15, -0.1) is 21.5 Å². The lowest BCUT2D eigenvalue weighted by Crippen LogP contribution is -2.45. The first kappa shape index (κ1) is 37.3. The van der Waals surface area contributed by atoms with Crippen LogP contribution >= 0.6 is 11.3 Å². The highest BCUT2D eigenvalue weighted by atomic mass is 32.1. The van der Waals surface area contributed by atoms with Gasteiger partial charge in [0.2, 0.25) is 11.8 Å². The molecule has 2 saturated heterocycles. The molecule has 3 aliphatic heterocycles. The largest absolute Gasteiger partial charge is 0.463 e. The second-order valence-electron chi connectivity index (χ2n) is 14.3. The van der Waals surface area contributed by atoms with Gasteiger partial charge in [-0.05, 0) is 89.8 Å². The quantitative estimate of drug-likeness (QED) is 0.157. The van der Waals surface area contributed by atoms with Gasteiger partial charge in [-0.3, -0.25) is 4.90 Å². The molecule has 1 unspecified atom stereocenters. The van der Waals surface area contributed by atoms with Crippen LogP contribution in [0.1, 0.15) is 104 Å². The molecular weight excluding hydrogens is 685 g/mol. The minimum atomic E-state index is -0.749. The summed E-state index contributed by atoms with van der Waals surface area (Å²) in [6.07, 6.45) is 4.28. The van der Waals surface area contributed by atoms with Crippen molar-refractivity contribution in [3.63, 3.8) is 0 Å². The lowest BCUT2D eigenvalue weighted by atomic mass is 9.80. The summed E-state index contributed by atoms with van der Waals surface area (Å²) in [5, 5.41) is 12.3. The molecule has 1 amide bonds. The van der Waals surface area contributed by atoms with E-state index in [2.05, 4.69) is 15.5 Å². The molecule has 2 atom stereocenters. The number of amides is 1. The van der Waals surface area contributed by atoms with Crippen molar-refractivity contribution in [3.05, 3.63) is 86.5 Å². The number of nitrogens with zero attached hydrogens (tertiary/aromatic N) is 3. The number of hydrogen-bond acceptors (Lipinski definition) is 12. The number of allylic oxidation sites excluding steroid dienone is 2. The molecule has 1 aromatic carbocycles. The van der Waals surface area contributed by atoms with Gasteiger partial charge in [-0.25, -0.2) is 14.4 Å². The van der Waals surface area contributed by atoms with E-state index in [9.17, 15) is 14.4 Å². The van der Waals surface area contributed by atoms with Gasteiger partial charge >= 0.3 is 18.0 Å². The van der Waals surface area contributed by atoms with Crippen molar-refractivity contribution in [1.82, 2.24) is 20.4 Å². The number of rotatable bonds is 11. The van der Waals surface area contributed by atoms with E-state index in [4.69, 9.17) is 23.4 Å². The van der Waals surface area contributed by atoms with Crippen LogP contribution in [0.5, 0.6) is 0 Å². The van der Waals surface area contributed by atoms with Crippen molar-refractivity contribution in [2.24, 2.45) is 5.92 Å². The summed E-state index contributed by atoms with van der Waals surface area (Å²) in [5.41, 5.74) is 2.55. The Morgan fingerprint density at radius 3 is 2.46 bits per heavy atom. The lowest BCUT2D eigenvalue weighted by molar-refractivity contribution is -0.138. The molecule has 278 valence electrons. The second-order valence-corrected chi connectivity index (χ2v) is 15.4. The van der Waals surface area contributed by atoms with Gasteiger partial charge in [0, 0.05) is 48.5 Å². The van der Waals surface area contributed by atoms with Crippen LogP contribution in [0.2, 0.25) is 0 Å². The van der Waals surface area contributed by atoms with Gasteiger partial charge in [0.05, 0.1) is 24.1 Å². The summed E-state index contributed by atoms with van der Waals surface area (Å²) in [7, 11) is 0. The number of aromatic nitrogens is 2. The van der Waals surface area contributed by atoms with Crippen LogP contribution in [0, 0.1) is 12.8 Å². The smallest absolute Gasteiger partial charge is 0.410 e. The number of benzene rings is 1. The molecule has 52 heavy (non-hydrogen) atoms. The first-order valence-electron chi connectivity index (χ1n) is 18.1. The number of nitrogens with one attached hydrogen (secondary N) is 1. The Labute approximate surface area is 308 Å². The Balaban J connectivity index is 1.47. The number of dihydropyridines is 1. The predicted molar refractivity (Wildman–Crippen MR) is 194 cm³/mol. The highest BCUT2D eigenvalue weighted by molar-refractivity contribution is 7.14. The van der Waals surface area contributed by atoms with E-state index in [0.29, 0.717) is 57.8 Å². The van der Waals surface area contributed by atoms with Gasteiger partial charge in [-0.1, -0.05) is 30.3 Å². The van der Waals surface area contributed by atoms with Gasteiger partial charge in [-0.2, -0.15) is 0 Å². The van der Waals surface area contributed by atoms with Gasteiger partial charge in [0.15, 0.2) is 0 Å². The zero-order valence-electron chi connectivity index (χ0n) is 30.6. The van der Waals surface area contributed by atoms with Crippen LogP contribution in [-0.2, 0) is 30.3 Å². The molecule has 1 N–H and O–H groups in total. The second kappa shape index (κ2) is 16.5. The van der Waals surface area contributed by atoms with E-state index >= 15 is 0 Å². The van der Waals surface area contributed by atoms with E-state index in [1.165, 1.54) is 11.3 Å². The molecular formula is C39H48N4O8S. The third-order valence-electron chi connectivity index (χ3n) is 9.41. The maximum absolute atomic E-state index is 14.3. The summed E-state index contributed by atoms with van der Waals surface area (Å²) in [4.78, 5) is 44.1. The van der Waals surface area contributed by atoms with Crippen LogP contribution in [-0.4, -0.2) is 71.1 Å². The Hall–Kier alpha value is -4.49. The summed E-state index contributed by atoms with van der Waals surface area (Å²) >= 11 is 1.24. The highest BCUT2D eigenvalue weighted by Gasteiger charge is 2.45. The molecule has 6 rings (SSSR count). The molecule has 0 saturated carbocycles. The van der Waals surface area contributed by atoms with Crippen molar-refractivity contribution < 1.29 is 37.7 Å². The maximum atomic E-state index is 14.3. The normalized spacial score (nSPS) is 19.8. The Morgan fingerprint density at radius 2 is 1.77 bits per heavy atom. The molecule has 2 fully saturated rings. The SMILES string of the molecule is CCOC(=O)C1=C([C@@H]2CCCN2C(=O)OC(C)(C)C)NC(CCC2CCOCC2)=C(c2nnc(C)o2)C1c1ccc(C(=O)OCc2ccccc2)s1. The summed E-state index contributed by atoms with van der Waals surface area (Å²) < 4.78 is 29.0. The predicted octanol–water partition coefficient (Wildman–Crippen LogP) is 7.32. The van der Waals surface area contributed by atoms with Crippen molar-refractivity contribution >= 4 is 34.9 Å². The highest BCUT2D eigenvalue weighted by Crippen LogP contribution is 2.48. The monoisotopic (exact) mass is 732 g/mol. The minimum Gasteiger partial charge on any atom is -0.463 e. The zero-order valence-corrected chi connectivity index (χ0v) is 31.4. The van der Waals surface area contributed by atoms with Crippen LogP contribution in [0.4, 0.5) is 4.79 Å². The summed E-state index contributed by atoms with van der Waals surface area (Å²) in [6, 6.07) is 12.6. The maximum Gasteiger partial charge on any atom is 0.410 e. The number of ether oxygens (including phenoxy) is 4. The first-order valence-corrected chi connectivity index (χ1v) is 18.9. The fraction of sp³-hybridized carbons (Fsp3) is 0.513. The Bertz CT molecular complexity index is 1800. The minimum absolute atomic E-state index is 0.128. The molecule has 0 radical (unpaired) electrons. The topological polar surface area (TPSA) is 142 Å². The molecule has 3 aliphatic rings. The molecule has 12 nitrogen and oxygen atoms in total. The number of thiophene rings is 1. The number of aryl methyl sites for hydroxylation is 1. The average Bonchev–Trinajstić information content (AvgIpc) is 3.91. The number of likely N-dealkylation sites (tertiary alicyclic amines) is 1. The Morgan fingerprint density at radius 1 is 1.00 bits per heavy atom. The lowest BCUT2D eigenvalue weighted by Gasteiger charge is -2.37. The molecule has 3 aromatic rings. The van der Waals surface area contributed by atoms with E-state index in [-0.39, 0.29) is 19.1 Å². The van der Waals surface area contributed by atoms with Gasteiger partial charge in [0.25, 0.3) is 0 Å². The third-order valence-corrected chi connectivity index (χ3v) is 10.5. The van der Waals surface area contributed by atoms with E-state index in [1.807, 2.05) is 57.2 Å². The van der Waals surface area contributed by atoms with Crippen molar-refractivity contribution in [3.8, 4) is 0 Å². The number of carbonyl (C=O) groups is 3. The number of carbonyl (C=O) groups excluding carboxylic acids is 3. The number of esters is 2. The van der Waals surface area contributed by atoms with E-state index < -0.39 is 35.6 Å². The van der Waals surface area contributed by atoms with E-state index in [0.717, 1.165) is 50.2 Å². The fourth-order valence-corrected chi connectivity index (χ4v) is 8.03. The standard InChI is InChI=1S/C39H48N4O8S/c1-6-48-37(45)33-32(29-16-17-30(52-29)36(44)49-23-26-11-8-7-9-12-26)31(35-42-41-24(2)50-35)27(15-14-25-18-21-47-22-19-25)40-34(33)28-13-10-20-43(28)38(46)51-39(3,4)5/h7-9,11-12,16-17,25,28,32,40H,6,10,13-15,18-23H2,1-5H3/t28-,32?/m0/s1. The average molecular weight is 733 g/mol. The van der Waals surface area contributed by atoms with Crippen LogP contribution in [0.3, 0.4) is 0 Å². The molecule has 0 bridgehead atoms. The molecule has 13 heteroatoms. The Kier molecular flexibility index (Phi) is 11.8. The fourth-order valence-electron chi connectivity index (χ4n) is 7.01. The molecule has 0 spiro atoms. The number of hydrogen-bond donors (Lipinski definition) is 1.